The van der Waals surface area contributed by atoms with Gasteiger partial charge < -0.3 is 9.88 Å². The van der Waals surface area contributed by atoms with Crippen molar-refractivity contribution in [1.82, 2.24) is 14.8 Å². The van der Waals surface area contributed by atoms with Crippen LogP contribution in [0.15, 0.2) is 18.2 Å². The molecule has 5 nitrogen and oxygen atoms in total. The van der Waals surface area contributed by atoms with Gasteiger partial charge in [-0.05, 0) is 37.0 Å². The van der Waals surface area contributed by atoms with E-state index in [4.69, 9.17) is 0 Å². The zero-order valence-electron chi connectivity index (χ0n) is 15.6. The highest BCUT2D eigenvalue weighted by Crippen LogP contribution is 2.27. The number of carbonyl (C=O) groups excluding carboxylic acids is 1. The standard InChI is InChI=1S/C20H27FN4O/c1-3-7-14(2)12-19(26)22-15-9-10-17(21)16(13-15)20-24-23-18-8-5-4-6-11-25(18)20/h9-10,13-14H,3-8,11-12H2,1-2H3,(H,22,26). The van der Waals surface area contributed by atoms with Crippen molar-refractivity contribution in [2.24, 2.45) is 5.92 Å². The van der Waals surface area contributed by atoms with Crippen molar-refractivity contribution in [1.29, 1.82) is 0 Å². The molecule has 0 saturated heterocycles. The second-order valence-corrected chi connectivity index (χ2v) is 7.24. The molecule has 1 aromatic carbocycles. The van der Waals surface area contributed by atoms with Crippen molar-refractivity contribution in [2.45, 2.75) is 65.3 Å². The summed E-state index contributed by atoms with van der Waals surface area (Å²) < 4.78 is 16.5. The monoisotopic (exact) mass is 358 g/mol. The van der Waals surface area contributed by atoms with E-state index in [9.17, 15) is 9.18 Å². The predicted molar refractivity (Wildman–Crippen MR) is 100 cm³/mol. The summed E-state index contributed by atoms with van der Waals surface area (Å²) in [4.78, 5) is 12.2. The smallest absolute Gasteiger partial charge is 0.224 e. The summed E-state index contributed by atoms with van der Waals surface area (Å²) in [5.74, 6) is 1.42. The quantitative estimate of drug-likeness (QED) is 0.822. The number of benzene rings is 1. The average Bonchev–Trinajstić information content (AvgIpc) is 2.84. The fraction of sp³-hybridized carbons (Fsp3) is 0.550. The highest BCUT2D eigenvalue weighted by Gasteiger charge is 2.19. The van der Waals surface area contributed by atoms with Crippen molar-refractivity contribution in [3.63, 3.8) is 0 Å². The van der Waals surface area contributed by atoms with Crippen molar-refractivity contribution in [2.75, 3.05) is 5.32 Å². The molecule has 1 aromatic heterocycles. The first kappa shape index (κ1) is 18.5. The molecule has 1 N–H and O–H groups in total. The van der Waals surface area contributed by atoms with E-state index in [0.29, 0.717) is 29.4 Å². The van der Waals surface area contributed by atoms with Crippen LogP contribution in [0, 0.1) is 11.7 Å². The number of nitrogens with one attached hydrogen (secondary N) is 1. The lowest BCUT2D eigenvalue weighted by Gasteiger charge is -2.12. The molecular weight excluding hydrogens is 331 g/mol. The zero-order chi connectivity index (χ0) is 18.5. The van der Waals surface area contributed by atoms with Gasteiger partial charge >= 0.3 is 0 Å². The summed E-state index contributed by atoms with van der Waals surface area (Å²) in [6, 6.07) is 4.65. The molecule has 0 radical (unpaired) electrons. The molecule has 3 rings (SSSR count). The Bertz CT molecular complexity index is 771. The van der Waals surface area contributed by atoms with Gasteiger partial charge in [0.1, 0.15) is 11.6 Å². The molecule has 140 valence electrons. The number of nitrogens with zero attached hydrogens (tertiary/aromatic N) is 3. The number of hydrogen-bond donors (Lipinski definition) is 1. The van der Waals surface area contributed by atoms with Crippen LogP contribution in [0.3, 0.4) is 0 Å². The minimum absolute atomic E-state index is 0.0384. The Morgan fingerprint density at radius 2 is 2.15 bits per heavy atom. The van der Waals surface area contributed by atoms with E-state index in [0.717, 1.165) is 50.9 Å². The Morgan fingerprint density at radius 1 is 1.31 bits per heavy atom. The Morgan fingerprint density at radius 3 is 2.96 bits per heavy atom. The van der Waals surface area contributed by atoms with Crippen LogP contribution in [0.4, 0.5) is 10.1 Å². The maximum Gasteiger partial charge on any atom is 0.224 e. The fourth-order valence-electron chi connectivity index (χ4n) is 3.58. The first-order chi connectivity index (χ1) is 12.6. The van der Waals surface area contributed by atoms with Crippen molar-refractivity contribution in [3.8, 4) is 11.4 Å². The number of rotatable bonds is 6. The van der Waals surface area contributed by atoms with Crippen LogP contribution in [-0.2, 0) is 17.8 Å². The molecule has 1 unspecified atom stereocenters. The third-order valence-electron chi connectivity index (χ3n) is 4.92. The summed E-state index contributed by atoms with van der Waals surface area (Å²) >= 11 is 0. The Labute approximate surface area is 154 Å². The van der Waals surface area contributed by atoms with Gasteiger partial charge in [0.05, 0.1) is 5.56 Å². The van der Waals surface area contributed by atoms with Gasteiger partial charge in [-0.2, -0.15) is 0 Å². The van der Waals surface area contributed by atoms with Crippen molar-refractivity contribution < 1.29 is 9.18 Å². The third kappa shape index (κ3) is 4.29. The number of halogens is 1. The van der Waals surface area contributed by atoms with Crippen LogP contribution < -0.4 is 5.32 Å². The number of fused-ring (bicyclic) bond motifs is 1. The average molecular weight is 358 g/mol. The van der Waals surface area contributed by atoms with Crippen LogP contribution in [0.5, 0.6) is 0 Å². The Balaban J connectivity index is 1.80. The van der Waals surface area contributed by atoms with Gasteiger partial charge in [0, 0.05) is 25.1 Å². The van der Waals surface area contributed by atoms with Gasteiger partial charge in [-0.15, -0.1) is 10.2 Å². The molecule has 0 fully saturated rings. The highest BCUT2D eigenvalue weighted by molar-refractivity contribution is 5.91. The molecule has 1 amide bonds. The van der Waals surface area contributed by atoms with Gasteiger partial charge in [-0.3, -0.25) is 4.79 Å². The number of hydrogen-bond acceptors (Lipinski definition) is 3. The maximum atomic E-state index is 14.5. The van der Waals surface area contributed by atoms with E-state index in [1.54, 1.807) is 12.1 Å². The van der Waals surface area contributed by atoms with Crippen LogP contribution in [-0.4, -0.2) is 20.7 Å². The zero-order valence-corrected chi connectivity index (χ0v) is 15.6. The Hall–Kier alpha value is -2.24. The van der Waals surface area contributed by atoms with Crippen molar-refractivity contribution >= 4 is 11.6 Å². The molecule has 2 heterocycles. The summed E-state index contributed by atoms with van der Waals surface area (Å²) in [6.45, 7) is 5.00. The van der Waals surface area contributed by atoms with Crippen LogP contribution in [0.25, 0.3) is 11.4 Å². The van der Waals surface area contributed by atoms with E-state index < -0.39 is 0 Å². The second-order valence-electron chi connectivity index (χ2n) is 7.24. The summed E-state index contributed by atoms with van der Waals surface area (Å²) in [7, 11) is 0. The minimum atomic E-state index is -0.346. The lowest BCUT2D eigenvalue weighted by atomic mass is 10.0. The van der Waals surface area contributed by atoms with Gasteiger partial charge in [0.25, 0.3) is 0 Å². The molecule has 26 heavy (non-hydrogen) atoms. The maximum absolute atomic E-state index is 14.5. The van der Waals surface area contributed by atoms with Gasteiger partial charge in [-0.25, -0.2) is 4.39 Å². The molecule has 1 aliphatic heterocycles. The molecule has 6 heteroatoms. The van der Waals surface area contributed by atoms with E-state index in [2.05, 4.69) is 29.4 Å². The fourth-order valence-corrected chi connectivity index (χ4v) is 3.58. The van der Waals surface area contributed by atoms with Crippen LogP contribution >= 0.6 is 0 Å². The highest BCUT2D eigenvalue weighted by atomic mass is 19.1. The number of aromatic nitrogens is 3. The lowest BCUT2D eigenvalue weighted by molar-refractivity contribution is -0.117. The summed E-state index contributed by atoms with van der Waals surface area (Å²) in [6.07, 6.45) is 6.72. The van der Waals surface area contributed by atoms with Crippen LogP contribution in [0.2, 0.25) is 0 Å². The third-order valence-corrected chi connectivity index (χ3v) is 4.92. The molecule has 1 aliphatic rings. The SMILES string of the molecule is CCCC(C)CC(=O)Nc1ccc(F)c(-c2nnc3n2CCCCC3)c1. The molecule has 0 bridgehead atoms. The van der Waals surface area contributed by atoms with Crippen LogP contribution in [0.1, 0.15) is 58.2 Å². The normalized spacial score (nSPS) is 15.2. The first-order valence-electron chi connectivity index (χ1n) is 9.60. The molecule has 1 atom stereocenters. The molecule has 0 saturated carbocycles. The van der Waals surface area contributed by atoms with Gasteiger partial charge in [-0.1, -0.05) is 33.1 Å². The summed E-state index contributed by atoms with van der Waals surface area (Å²) in [5, 5.41) is 11.4. The molecular formula is C20H27FN4O. The van der Waals surface area contributed by atoms with Gasteiger partial charge in [0.15, 0.2) is 5.82 Å². The number of aryl methyl sites for hydroxylation is 1. The second kappa shape index (κ2) is 8.43. The van der Waals surface area contributed by atoms with E-state index >= 15 is 0 Å². The van der Waals surface area contributed by atoms with E-state index in [-0.39, 0.29) is 11.7 Å². The Kier molecular flexibility index (Phi) is 6.01. The van der Waals surface area contributed by atoms with Crippen molar-refractivity contribution in [3.05, 3.63) is 29.8 Å². The largest absolute Gasteiger partial charge is 0.326 e. The topological polar surface area (TPSA) is 59.8 Å². The number of anilines is 1. The molecule has 0 aliphatic carbocycles. The summed E-state index contributed by atoms with van der Waals surface area (Å²) in [5.41, 5.74) is 0.992. The first-order valence-corrected chi connectivity index (χ1v) is 9.60. The lowest BCUT2D eigenvalue weighted by Crippen LogP contribution is -2.15. The minimum Gasteiger partial charge on any atom is -0.326 e. The molecule has 0 spiro atoms. The van der Waals surface area contributed by atoms with E-state index in [1.807, 2.05) is 4.57 Å². The number of amides is 1. The number of carbonyl (C=O) groups is 1. The van der Waals surface area contributed by atoms with E-state index in [1.165, 1.54) is 6.07 Å². The predicted octanol–water partition coefficient (Wildman–Crippen LogP) is 4.58. The van der Waals surface area contributed by atoms with Gasteiger partial charge in [0.2, 0.25) is 5.91 Å². The molecule has 2 aromatic rings.